The van der Waals surface area contributed by atoms with E-state index in [2.05, 4.69) is 0 Å². The Morgan fingerprint density at radius 1 is 1.21 bits per heavy atom. The maximum Gasteiger partial charge on any atom is 0.295 e. The van der Waals surface area contributed by atoms with Gasteiger partial charge < -0.3 is 4.90 Å². The number of nitrogens with zero attached hydrogens (tertiary/aromatic N) is 3. The van der Waals surface area contributed by atoms with Crippen molar-refractivity contribution in [2.75, 3.05) is 6.54 Å². The third-order valence-electron chi connectivity index (χ3n) is 4.29. The molecule has 0 heterocycles. The number of hydrogen-bond acceptors (Lipinski definition) is 5. The zero-order valence-corrected chi connectivity index (χ0v) is 14.0. The fraction of sp³-hybridized carbons (Fsp3) is 0.533. The molecule has 24 heavy (non-hydrogen) atoms. The minimum absolute atomic E-state index is 0.0330. The summed E-state index contributed by atoms with van der Waals surface area (Å²) in [7, 11) is 0. The molecule has 1 aromatic carbocycles. The highest BCUT2D eigenvalue weighted by Crippen LogP contribution is 2.34. The predicted molar refractivity (Wildman–Crippen MR) is 88.3 cm³/mol. The standard InChI is InChI=1S/C15H18ClN3O5/c1-2-17(10-6-4-3-5-7-10)15(20)12-8-11(18(21)22)9-13(14(12)16)19(23)24/h8-10H,2-7H2,1H3. The molecule has 2 rings (SSSR count). The number of amides is 1. The van der Waals surface area contributed by atoms with E-state index in [1.54, 1.807) is 4.90 Å². The Balaban J connectivity index is 2.46. The van der Waals surface area contributed by atoms with Gasteiger partial charge in [0.1, 0.15) is 5.02 Å². The van der Waals surface area contributed by atoms with Gasteiger partial charge in [-0.25, -0.2) is 0 Å². The fourth-order valence-corrected chi connectivity index (χ4v) is 3.36. The summed E-state index contributed by atoms with van der Waals surface area (Å²) in [5.74, 6) is -0.499. The molecule has 1 fully saturated rings. The summed E-state index contributed by atoms with van der Waals surface area (Å²) in [6.45, 7) is 2.22. The van der Waals surface area contributed by atoms with Crippen LogP contribution in [0.5, 0.6) is 0 Å². The Morgan fingerprint density at radius 3 is 2.33 bits per heavy atom. The molecule has 0 aromatic heterocycles. The predicted octanol–water partition coefficient (Wildman–Crippen LogP) is 3.95. The van der Waals surface area contributed by atoms with Crippen LogP contribution in [0.4, 0.5) is 11.4 Å². The Hall–Kier alpha value is -2.22. The van der Waals surface area contributed by atoms with Crippen LogP contribution in [0.25, 0.3) is 0 Å². The molecule has 1 amide bonds. The minimum Gasteiger partial charge on any atom is -0.336 e. The molecule has 0 saturated heterocycles. The van der Waals surface area contributed by atoms with Crippen molar-refractivity contribution < 1.29 is 14.6 Å². The van der Waals surface area contributed by atoms with Crippen molar-refractivity contribution >= 4 is 28.9 Å². The number of hydrogen-bond donors (Lipinski definition) is 0. The summed E-state index contributed by atoms with van der Waals surface area (Å²) >= 11 is 6.00. The average Bonchev–Trinajstić information content (AvgIpc) is 2.56. The van der Waals surface area contributed by atoms with Gasteiger partial charge in [0, 0.05) is 18.7 Å². The van der Waals surface area contributed by atoms with E-state index in [-0.39, 0.29) is 16.6 Å². The van der Waals surface area contributed by atoms with Gasteiger partial charge in [0.15, 0.2) is 0 Å². The topological polar surface area (TPSA) is 107 Å². The molecule has 0 radical (unpaired) electrons. The number of carbonyl (C=O) groups is 1. The SMILES string of the molecule is CCN(C(=O)c1cc([N+](=O)[O-])cc([N+](=O)[O-])c1Cl)C1CCCCC1. The lowest BCUT2D eigenvalue weighted by molar-refractivity contribution is -0.394. The summed E-state index contributed by atoms with van der Waals surface area (Å²) in [5.41, 5.74) is -1.34. The number of benzene rings is 1. The summed E-state index contributed by atoms with van der Waals surface area (Å²) in [6, 6.07) is 1.82. The average molecular weight is 356 g/mol. The van der Waals surface area contributed by atoms with Gasteiger partial charge in [0.25, 0.3) is 17.3 Å². The van der Waals surface area contributed by atoms with E-state index in [0.29, 0.717) is 6.54 Å². The van der Waals surface area contributed by atoms with Gasteiger partial charge in [-0.1, -0.05) is 30.9 Å². The lowest BCUT2D eigenvalue weighted by Crippen LogP contribution is -2.41. The van der Waals surface area contributed by atoms with Gasteiger partial charge >= 0.3 is 0 Å². The Morgan fingerprint density at radius 2 is 1.83 bits per heavy atom. The molecule has 1 aliphatic carbocycles. The van der Waals surface area contributed by atoms with Crippen LogP contribution in [0.15, 0.2) is 12.1 Å². The van der Waals surface area contributed by atoms with E-state index < -0.39 is 27.1 Å². The molecule has 8 nitrogen and oxygen atoms in total. The number of halogens is 1. The zero-order chi connectivity index (χ0) is 17.9. The molecule has 1 aliphatic rings. The van der Waals surface area contributed by atoms with Crippen molar-refractivity contribution in [1.29, 1.82) is 0 Å². The first kappa shape index (κ1) is 18.1. The highest BCUT2D eigenvalue weighted by molar-refractivity contribution is 6.36. The highest BCUT2D eigenvalue weighted by atomic mass is 35.5. The molecular weight excluding hydrogens is 338 g/mol. The monoisotopic (exact) mass is 355 g/mol. The summed E-state index contributed by atoms with van der Waals surface area (Å²) < 4.78 is 0. The van der Waals surface area contributed by atoms with E-state index in [9.17, 15) is 25.0 Å². The van der Waals surface area contributed by atoms with Gasteiger partial charge in [0.2, 0.25) is 0 Å². The normalized spacial score (nSPS) is 15.1. The first-order valence-corrected chi connectivity index (χ1v) is 8.17. The molecule has 0 unspecified atom stereocenters. The van der Waals surface area contributed by atoms with Gasteiger partial charge in [0.05, 0.1) is 21.5 Å². The van der Waals surface area contributed by atoms with Crippen molar-refractivity contribution in [3.8, 4) is 0 Å². The van der Waals surface area contributed by atoms with Crippen LogP contribution in [-0.2, 0) is 0 Å². The molecule has 0 bridgehead atoms. The molecule has 9 heteroatoms. The van der Waals surface area contributed by atoms with E-state index in [4.69, 9.17) is 11.6 Å². The summed E-state index contributed by atoms with van der Waals surface area (Å²) in [5, 5.41) is 21.7. The molecule has 1 aromatic rings. The first-order valence-electron chi connectivity index (χ1n) is 7.80. The maximum absolute atomic E-state index is 12.8. The number of nitro groups is 2. The van der Waals surface area contributed by atoms with Gasteiger partial charge in [-0.3, -0.25) is 25.0 Å². The fourth-order valence-electron chi connectivity index (χ4n) is 3.10. The molecule has 0 spiro atoms. The highest BCUT2D eigenvalue weighted by Gasteiger charge is 2.31. The number of rotatable bonds is 5. The van der Waals surface area contributed by atoms with E-state index in [1.807, 2.05) is 6.92 Å². The second kappa shape index (κ2) is 7.57. The van der Waals surface area contributed by atoms with Crippen LogP contribution in [-0.4, -0.2) is 33.2 Å². The summed E-state index contributed by atoms with van der Waals surface area (Å²) in [4.78, 5) is 35.0. The van der Waals surface area contributed by atoms with Crippen LogP contribution in [0.1, 0.15) is 49.4 Å². The van der Waals surface area contributed by atoms with Gasteiger partial charge in [-0.05, 0) is 19.8 Å². The molecule has 0 N–H and O–H groups in total. The minimum atomic E-state index is -0.816. The van der Waals surface area contributed by atoms with Crippen LogP contribution in [0.2, 0.25) is 5.02 Å². The van der Waals surface area contributed by atoms with Crippen LogP contribution >= 0.6 is 11.6 Å². The van der Waals surface area contributed by atoms with Crippen molar-refractivity contribution in [2.45, 2.75) is 45.1 Å². The molecule has 130 valence electrons. The summed E-state index contributed by atoms with van der Waals surface area (Å²) in [6.07, 6.45) is 4.85. The van der Waals surface area contributed by atoms with Crippen molar-refractivity contribution in [2.24, 2.45) is 0 Å². The third-order valence-corrected chi connectivity index (χ3v) is 4.69. The van der Waals surface area contributed by atoms with Crippen LogP contribution in [0, 0.1) is 20.2 Å². The molecule has 0 atom stereocenters. The zero-order valence-electron chi connectivity index (χ0n) is 13.2. The van der Waals surface area contributed by atoms with Gasteiger partial charge in [-0.2, -0.15) is 0 Å². The Labute approximate surface area is 143 Å². The maximum atomic E-state index is 12.8. The smallest absolute Gasteiger partial charge is 0.295 e. The number of carbonyl (C=O) groups excluding carboxylic acids is 1. The Bertz CT molecular complexity index is 673. The number of nitro benzene ring substituents is 2. The van der Waals surface area contributed by atoms with Gasteiger partial charge in [-0.15, -0.1) is 0 Å². The molecule has 0 aliphatic heterocycles. The second-order valence-corrected chi connectivity index (χ2v) is 6.10. The molecule has 1 saturated carbocycles. The Kier molecular flexibility index (Phi) is 5.71. The van der Waals surface area contributed by atoms with E-state index >= 15 is 0 Å². The third kappa shape index (κ3) is 3.64. The van der Waals surface area contributed by atoms with Crippen molar-refractivity contribution in [1.82, 2.24) is 4.90 Å². The lowest BCUT2D eigenvalue weighted by Gasteiger charge is -2.33. The van der Waals surface area contributed by atoms with Crippen molar-refractivity contribution in [3.05, 3.63) is 42.9 Å². The van der Waals surface area contributed by atoms with Crippen LogP contribution in [0.3, 0.4) is 0 Å². The van der Waals surface area contributed by atoms with E-state index in [0.717, 1.165) is 44.2 Å². The van der Waals surface area contributed by atoms with Crippen LogP contribution < -0.4 is 0 Å². The van der Waals surface area contributed by atoms with Crippen molar-refractivity contribution in [3.63, 3.8) is 0 Å². The van der Waals surface area contributed by atoms with E-state index in [1.165, 1.54) is 0 Å². The first-order chi connectivity index (χ1) is 11.4. The lowest BCUT2D eigenvalue weighted by atomic mass is 9.93. The largest absolute Gasteiger partial charge is 0.336 e. The second-order valence-electron chi connectivity index (χ2n) is 5.72. The number of non-ortho nitro benzene ring substituents is 1. The quantitative estimate of drug-likeness (QED) is 0.587. The molecular formula is C15H18ClN3O5.